The Morgan fingerprint density at radius 1 is 1.00 bits per heavy atom. The Morgan fingerprint density at radius 2 is 1.60 bits per heavy atom. The first-order chi connectivity index (χ1) is 9.04. The average Bonchev–Trinajstić information content (AvgIpc) is 2.37. The fourth-order valence-corrected chi connectivity index (χ4v) is 2.47. The molecule has 0 heterocycles. The molecule has 2 rings (SSSR count). The van der Waals surface area contributed by atoms with E-state index in [1.807, 2.05) is 19.2 Å². The summed E-state index contributed by atoms with van der Waals surface area (Å²) >= 11 is 0. The molecular weight excluding hydrogens is 273 g/mol. The lowest BCUT2D eigenvalue weighted by atomic mass is 9.94. The summed E-state index contributed by atoms with van der Waals surface area (Å²) in [5, 5.41) is 3.17. The second-order valence-electron chi connectivity index (χ2n) is 5.06. The number of rotatable bonds is 3. The van der Waals surface area contributed by atoms with Crippen LogP contribution in [0.3, 0.4) is 0 Å². The molecule has 0 saturated heterocycles. The minimum Gasteiger partial charge on any atom is -0.316 e. The quantitative estimate of drug-likeness (QED) is 0.875. The van der Waals surface area contributed by atoms with Crippen molar-refractivity contribution in [1.82, 2.24) is 5.32 Å². The predicted molar refractivity (Wildman–Crippen MR) is 86.1 cm³/mol. The molecule has 3 heteroatoms. The van der Waals surface area contributed by atoms with E-state index in [1.54, 1.807) is 13.0 Å². The predicted octanol–water partition coefficient (Wildman–Crippen LogP) is 4.56. The summed E-state index contributed by atoms with van der Waals surface area (Å²) in [6, 6.07) is 9.68. The lowest BCUT2D eigenvalue weighted by Crippen LogP contribution is -2.08. The first-order valence-corrected chi connectivity index (χ1v) is 6.54. The third-order valence-corrected chi connectivity index (χ3v) is 3.55. The zero-order valence-electron chi connectivity index (χ0n) is 12.4. The summed E-state index contributed by atoms with van der Waals surface area (Å²) in [5.74, 6) is -0.123. The molecule has 0 atom stereocenters. The van der Waals surface area contributed by atoms with Crippen LogP contribution in [0.25, 0.3) is 11.1 Å². The molecule has 0 spiro atoms. The van der Waals surface area contributed by atoms with Crippen molar-refractivity contribution in [2.24, 2.45) is 0 Å². The third kappa shape index (κ3) is 3.20. The van der Waals surface area contributed by atoms with Gasteiger partial charge >= 0.3 is 0 Å². The van der Waals surface area contributed by atoms with Crippen LogP contribution in [0.2, 0.25) is 0 Å². The van der Waals surface area contributed by atoms with Crippen LogP contribution in [-0.4, -0.2) is 7.05 Å². The van der Waals surface area contributed by atoms with Crippen molar-refractivity contribution >= 4 is 12.4 Å². The Bertz CT molecular complexity index is 585. The molecule has 0 fully saturated rings. The number of hydrogen-bond acceptors (Lipinski definition) is 1. The molecule has 0 unspecified atom stereocenters. The van der Waals surface area contributed by atoms with Gasteiger partial charge in [0.15, 0.2) is 0 Å². The van der Waals surface area contributed by atoms with Crippen molar-refractivity contribution in [3.8, 4) is 11.1 Å². The Morgan fingerprint density at radius 3 is 2.15 bits per heavy atom. The van der Waals surface area contributed by atoms with E-state index in [1.165, 1.54) is 16.7 Å². The van der Waals surface area contributed by atoms with E-state index in [-0.39, 0.29) is 18.2 Å². The van der Waals surface area contributed by atoms with Gasteiger partial charge in [-0.05, 0) is 55.6 Å². The summed E-state index contributed by atoms with van der Waals surface area (Å²) in [6.45, 7) is 6.80. The molecule has 1 nitrogen and oxygen atoms in total. The molecule has 0 aliphatic heterocycles. The first-order valence-electron chi connectivity index (χ1n) is 6.54. The largest absolute Gasteiger partial charge is 0.316 e. The fraction of sp³-hybridized carbons (Fsp3) is 0.294. The third-order valence-electron chi connectivity index (χ3n) is 3.55. The molecule has 0 aliphatic rings. The van der Waals surface area contributed by atoms with Gasteiger partial charge in [-0.25, -0.2) is 4.39 Å². The van der Waals surface area contributed by atoms with E-state index in [2.05, 4.69) is 31.3 Å². The molecule has 0 amide bonds. The Hall–Kier alpha value is -1.38. The van der Waals surface area contributed by atoms with Gasteiger partial charge in [-0.3, -0.25) is 0 Å². The van der Waals surface area contributed by atoms with Crippen LogP contribution >= 0.6 is 12.4 Å². The lowest BCUT2D eigenvalue weighted by molar-refractivity contribution is 0.622. The SMILES string of the molecule is CNCc1c(C)cc(-c2cccc(C)c2F)cc1C.Cl. The number of halogens is 2. The zero-order valence-corrected chi connectivity index (χ0v) is 13.2. The maximum absolute atomic E-state index is 14.2. The van der Waals surface area contributed by atoms with E-state index >= 15 is 0 Å². The number of benzene rings is 2. The van der Waals surface area contributed by atoms with Crippen LogP contribution in [-0.2, 0) is 6.54 Å². The molecule has 108 valence electrons. The topological polar surface area (TPSA) is 12.0 Å². The van der Waals surface area contributed by atoms with Gasteiger partial charge in [0.1, 0.15) is 5.82 Å². The van der Waals surface area contributed by atoms with Crippen molar-refractivity contribution in [3.63, 3.8) is 0 Å². The van der Waals surface area contributed by atoms with Crippen molar-refractivity contribution in [3.05, 3.63) is 58.4 Å². The van der Waals surface area contributed by atoms with Gasteiger partial charge in [0.05, 0.1) is 0 Å². The molecule has 0 bridgehead atoms. The number of hydrogen-bond donors (Lipinski definition) is 1. The molecule has 0 aliphatic carbocycles. The summed E-state index contributed by atoms with van der Waals surface area (Å²) < 4.78 is 14.2. The van der Waals surface area contributed by atoms with Crippen molar-refractivity contribution in [1.29, 1.82) is 0 Å². The maximum Gasteiger partial charge on any atom is 0.133 e. The Kier molecular flexibility index (Phi) is 5.73. The minimum absolute atomic E-state index is 0. The number of nitrogens with one attached hydrogen (secondary N) is 1. The summed E-state index contributed by atoms with van der Waals surface area (Å²) in [6.07, 6.45) is 0. The normalized spacial score (nSPS) is 10.2. The summed E-state index contributed by atoms with van der Waals surface area (Å²) in [5.41, 5.74) is 6.01. The first kappa shape index (κ1) is 16.7. The molecule has 0 saturated carbocycles. The second kappa shape index (κ2) is 6.87. The summed E-state index contributed by atoms with van der Waals surface area (Å²) in [7, 11) is 1.94. The molecule has 0 aromatic heterocycles. The van der Waals surface area contributed by atoms with Gasteiger partial charge in [0, 0.05) is 12.1 Å². The van der Waals surface area contributed by atoms with E-state index < -0.39 is 0 Å². The van der Waals surface area contributed by atoms with E-state index in [4.69, 9.17) is 0 Å². The van der Waals surface area contributed by atoms with E-state index in [0.29, 0.717) is 11.1 Å². The average molecular weight is 294 g/mol. The van der Waals surface area contributed by atoms with Crippen LogP contribution in [0, 0.1) is 26.6 Å². The highest BCUT2D eigenvalue weighted by Gasteiger charge is 2.10. The van der Waals surface area contributed by atoms with Crippen LogP contribution in [0.5, 0.6) is 0 Å². The van der Waals surface area contributed by atoms with Gasteiger partial charge in [0.25, 0.3) is 0 Å². The van der Waals surface area contributed by atoms with Gasteiger partial charge < -0.3 is 5.32 Å². The van der Waals surface area contributed by atoms with Gasteiger partial charge in [0.2, 0.25) is 0 Å². The van der Waals surface area contributed by atoms with Crippen LogP contribution in [0.1, 0.15) is 22.3 Å². The van der Waals surface area contributed by atoms with E-state index in [0.717, 1.165) is 12.1 Å². The molecule has 1 N–H and O–H groups in total. The minimum atomic E-state index is -0.123. The highest BCUT2D eigenvalue weighted by molar-refractivity contribution is 5.85. The maximum atomic E-state index is 14.2. The van der Waals surface area contributed by atoms with E-state index in [9.17, 15) is 4.39 Å². The van der Waals surface area contributed by atoms with Gasteiger partial charge in [-0.15, -0.1) is 12.4 Å². The van der Waals surface area contributed by atoms with Crippen molar-refractivity contribution < 1.29 is 4.39 Å². The molecule has 0 radical (unpaired) electrons. The fourth-order valence-electron chi connectivity index (χ4n) is 2.47. The smallest absolute Gasteiger partial charge is 0.133 e. The highest BCUT2D eigenvalue weighted by Crippen LogP contribution is 2.28. The zero-order chi connectivity index (χ0) is 14.0. The van der Waals surface area contributed by atoms with Crippen molar-refractivity contribution in [2.75, 3.05) is 7.05 Å². The molecule has 2 aromatic rings. The monoisotopic (exact) mass is 293 g/mol. The Balaban J connectivity index is 0.00000200. The van der Waals surface area contributed by atoms with Crippen LogP contribution in [0.15, 0.2) is 30.3 Å². The Labute approximate surface area is 126 Å². The lowest BCUT2D eigenvalue weighted by Gasteiger charge is -2.13. The second-order valence-corrected chi connectivity index (χ2v) is 5.06. The molecular formula is C17H21ClFN. The van der Waals surface area contributed by atoms with Crippen molar-refractivity contribution in [2.45, 2.75) is 27.3 Å². The standard InChI is InChI=1S/C17H20FN.ClH/c1-11-6-5-7-15(17(11)18)14-8-12(2)16(10-19-4)13(3)9-14;/h5-9,19H,10H2,1-4H3;1H. The van der Waals surface area contributed by atoms with Crippen LogP contribution in [0.4, 0.5) is 4.39 Å². The van der Waals surface area contributed by atoms with Crippen LogP contribution < -0.4 is 5.32 Å². The summed E-state index contributed by atoms with van der Waals surface area (Å²) in [4.78, 5) is 0. The molecule has 2 aromatic carbocycles. The highest BCUT2D eigenvalue weighted by atomic mass is 35.5. The number of aryl methyl sites for hydroxylation is 3. The molecule has 20 heavy (non-hydrogen) atoms. The van der Waals surface area contributed by atoms with Gasteiger partial charge in [-0.2, -0.15) is 0 Å². The van der Waals surface area contributed by atoms with Gasteiger partial charge in [-0.1, -0.05) is 30.3 Å².